The second-order valence-electron chi connectivity index (χ2n) is 7.41. The van der Waals surface area contributed by atoms with Gasteiger partial charge in [-0.2, -0.15) is 10.2 Å². The largest absolute Gasteiger partial charge is 0.478 e. The third-order valence-corrected chi connectivity index (χ3v) is 5.19. The Morgan fingerprint density at radius 3 is 1.30 bits per heavy atom. The van der Waals surface area contributed by atoms with Gasteiger partial charge in [0.05, 0.1) is 23.4 Å². The zero-order chi connectivity index (χ0) is 23.2. The lowest BCUT2D eigenvalue weighted by Crippen LogP contribution is -1.94. The second kappa shape index (κ2) is 9.70. The van der Waals surface area contributed by atoms with Gasteiger partial charge in [-0.1, -0.05) is 60.7 Å². The molecule has 162 valence electrons. The molecule has 0 bridgehead atoms. The van der Waals surface area contributed by atoms with Gasteiger partial charge in [0.2, 0.25) is 0 Å². The third-order valence-electron chi connectivity index (χ3n) is 5.19. The van der Waals surface area contributed by atoms with Crippen LogP contribution >= 0.6 is 0 Å². The number of benzene rings is 4. The Balaban J connectivity index is 1.36. The van der Waals surface area contributed by atoms with Crippen molar-refractivity contribution < 1.29 is 19.8 Å². The molecule has 0 aromatic heterocycles. The van der Waals surface area contributed by atoms with Crippen molar-refractivity contribution in [1.82, 2.24) is 0 Å². The monoisotopic (exact) mass is 436 g/mol. The fourth-order valence-electron chi connectivity index (χ4n) is 3.33. The maximum absolute atomic E-state index is 11.0. The molecule has 0 aliphatic rings. The molecule has 0 unspecified atom stereocenters. The molecule has 33 heavy (non-hydrogen) atoms. The molecule has 4 rings (SSSR count). The molecular weight excluding hydrogens is 416 g/mol. The molecule has 6 heteroatoms. The third kappa shape index (κ3) is 5.37. The molecule has 0 saturated carbocycles. The van der Waals surface area contributed by atoms with Crippen LogP contribution in [0.1, 0.15) is 26.3 Å². The van der Waals surface area contributed by atoms with E-state index in [9.17, 15) is 9.59 Å². The van der Waals surface area contributed by atoms with Crippen molar-refractivity contribution >= 4 is 17.6 Å². The molecule has 4 aromatic rings. The summed E-state index contributed by atoms with van der Waals surface area (Å²) in [7, 11) is 0. The lowest BCUT2D eigenvalue weighted by molar-refractivity contribution is 0.0686. The van der Waals surface area contributed by atoms with Crippen molar-refractivity contribution in [2.45, 2.75) is 6.54 Å². The predicted molar refractivity (Wildman–Crippen MR) is 126 cm³/mol. The van der Waals surface area contributed by atoms with E-state index in [2.05, 4.69) is 10.2 Å². The van der Waals surface area contributed by atoms with Crippen LogP contribution in [0.3, 0.4) is 0 Å². The van der Waals surface area contributed by atoms with Crippen molar-refractivity contribution in [3.63, 3.8) is 0 Å². The Morgan fingerprint density at radius 1 is 0.545 bits per heavy atom. The minimum Gasteiger partial charge on any atom is -0.478 e. The summed E-state index contributed by atoms with van der Waals surface area (Å²) >= 11 is 0. The molecule has 0 aliphatic heterocycles. The fraction of sp³-hybridized carbons (Fsp3) is 0.0370. The van der Waals surface area contributed by atoms with Gasteiger partial charge in [0, 0.05) is 0 Å². The molecule has 0 aliphatic carbocycles. The van der Waals surface area contributed by atoms with Crippen molar-refractivity contribution in [3.05, 3.63) is 114 Å². The van der Waals surface area contributed by atoms with Gasteiger partial charge in [-0.15, -0.1) is 0 Å². The van der Waals surface area contributed by atoms with Crippen LogP contribution in [0.5, 0.6) is 0 Å². The van der Waals surface area contributed by atoms with Gasteiger partial charge in [-0.05, 0) is 64.2 Å². The SMILES string of the molecule is O=C(O)c1ccc(-c2ccc(CN=Nc3ccc(-c4ccc(C(=O)O)cc4)cc3)cc2)cc1. The van der Waals surface area contributed by atoms with E-state index in [0.29, 0.717) is 6.54 Å². The Bertz CT molecular complexity index is 1290. The van der Waals surface area contributed by atoms with E-state index in [4.69, 9.17) is 10.2 Å². The van der Waals surface area contributed by atoms with Gasteiger partial charge < -0.3 is 10.2 Å². The number of hydrogen-bond donors (Lipinski definition) is 2. The fourth-order valence-corrected chi connectivity index (χ4v) is 3.33. The highest BCUT2D eigenvalue weighted by Crippen LogP contribution is 2.24. The molecule has 6 nitrogen and oxygen atoms in total. The molecule has 0 spiro atoms. The first-order chi connectivity index (χ1) is 16.0. The van der Waals surface area contributed by atoms with Gasteiger partial charge in [-0.25, -0.2) is 9.59 Å². The Kier molecular flexibility index (Phi) is 6.36. The number of carboxylic acids is 2. The van der Waals surface area contributed by atoms with Crippen LogP contribution < -0.4 is 0 Å². The lowest BCUT2D eigenvalue weighted by atomic mass is 10.0. The van der Waals surface area contributed by atoms with E-state index >= 15 is 0 Å². The molecule has 0 fully saturated rings. The number of nitrogens with zero attached hydrogens (tertiary/aromatic N) is 2. The summed E-state index contributed by atoms with van der Waals surface area (Å²) in [6, 6.07) is 29.0. The summed E-state index contributed by atoms with van der Waals surface area (Å²) in [6.45, 7) is 0.441. The van der Waals surface area contributed by atoms with E-state index in [0.717, 1.165) is 33.5 Å². The highest BCUT2D eigenvalue weighted by Gasteiger charge is 2.04. The lowest BCUT2D eigenvalue weighted by Gasteiger charge is -2.04. The van der Waals surface area contributed by atoms with Crippen LogP contribution in [0.2, 0.25) is 0 Å². The van der Waals surface area contributed by atoms with E-state index < -0.39 is 11.9 Å². The Morgan fingerprint density at radius 2 is 0.909 bits per heavy atom. The standard InChI is InChI=1S/C27H20N2O4/c30-26(31)23-9-5-20(6-10-23)19-3-1-18(2-4-19)17-28-29-25-15-13-22(14-16-25)21-7-11-24(12-8-21)27(32)33/h1-16H,17H2,(H,30,31)(H,32,33). The highest BCUT2D eigenvalue weighted by molar-refractivity contribution is 5.89. The van der Waals surface area contributed by atoms with E-state index in [1.165, 1.54) is 0 Å². The van der Waals surface area contributed by atoms with E-state index in [1.807, 2.05) is 48.5 Å². The summed E-state index contributed by atoms with van der Waals surface area (Å²) in [5.74, 6) is -1.88. The zero-order valence-corrected chi connectivity index (χ0v) is 17.6. The van der Waals surface area contributed by atoms with Crippen molar-refractivity contribution in [1.29, 1.82) is 0 Å². The van der Waals surface area contributed by atoms with Crippen molar-refractivity contribution in [2.75, 3.05) is 0 Å². The minimum absolute atomic E-state index is 0.258. The quantitative estimate of drug-likeness (QED) is 0.315. The van der Waals surface area contributed by atoms with Gasteiger partial charge in [0.1, 0.15) is 0 Å². The average Bonchev–Trinajstić information content (AvgIpc) is 2.85. The van der Waals surface area contributed by atoms with Gasteiger partial charge in [0.25, 0.3) is 0 Å². The van der Waals surface area contributed by atoms with Gasteiger partial charge >= 0.3 is 11.9 Å². The van der Waals surface area contributed by atoms with Crippen LogP contribution in [0, 0.1) is 0 Å². The zero-order valence-electron chi connectivity index (χ0n) is 17.6. The number of hydrogen-bond acceptors (Lipinski definition) is 4. The average molecular weight is 436 g/mol. The Labute approximate surface area is 190 Å². The second-order valence-corrected chi connectivity index (χ2v) is 7.41. The smallest absolute Gasteiger partial charge is 0.335 e. The van der Waals surface area contributed by atoms with E-state index in [-0.39, 0.29) is 11.1 Å². The van der Waals surface area contributed by atoms with Crippen LogP contribution in [0.4, 0.5) is 5.69 Å². The van der Waals surface area contributed by atoms with Crippen molar-refractivity contribution in [3.8, 4) is 22.3 Å². The first-order valence-corrected chi connectivity index (χ1v) is 10.2. The highest BCUT2D eigenvalue weighted by atomic mass is 16.4. The summed E-state index contributed by atoms with van der Waals surface area (Å²) in [5, 5.41) is 26.5. The molecule has 0 atom stereocenters. The number of rotatable bonds is 7. The molecule has 0 heterocycles. The summed E-state index contributed by atoms with van der Waals surface area (Å²) < 4.78 is 0. The van der Waals surface area contributed by atoms with E-state index in [1.54, 1.807) is 48.5 Å². The maximum Gasteiger partial charge on any atom is 0.335 e. The van der Waals surface area contributed by atoms with Gasteiger partial charge in [-0.3, -0.25) is 0 Å². The number of carbonyl (C=O) groups is 2. The summed E-state index contributed by atoms with van der Waals surface area (Å²) in [6.07, 6.45) is 0. The molecule has 2 N–H and O–H groups in total. The van der Waals surface area contributed by atoms with Crippen molar-refractivity contribution in [2.24, 2.45) is 10.2 Å². The number of carboxylic acid groups (broad SMARTS) is 2. The molecule has 0 radical (unpaired) electrons. The summed E-state index contributed by atoms with van der Waals surface area (Å²) in [4.78, 5) is 21.9. The van der Waals surface area contributed by atoms with Crippen LogP contribution in [0.15, 0.2) is 107 Å². The maximum atomic E-state index is 11.0. The van der Waals surface area contributed by atoms with Crippen LogP contribution in [0.25, 0.3) is 22.3 Å². The molecule has 0 saturated heterocycles. The number of aromatic carboxylic acids is 2. The molecule has 0 amide bonds. The van der Waals surface area contributed by atoms with Gasteiger partial charge in [0.15, 0.2) is 0 Å². The summed E-state index contributed by atoms with van der Waals surface area (Å²) in [5.41, 5.74) is 6.12. The van der Waals surface area contributed by atoms with Crippen LogP contribution in [-0.4, -0.2) is 22.2 Å². The first kappa shape index (κ1) is 21.6. The van der Waals surface area contributed by atoms with Crippen LogP contribution in [-0.2, 0) is 6.54 Å². The first-order valence-electron chi connectivity index (χ1n) is 10.2. The topological polar surface area (TPSA) is 99.3 Å². The number of azo groups is 1. The molecular formula is C27H20N2O4. The normalized spacial score (nSPS) is 10.9. The minimum atomic E-state index is -0.943. The predicted octanol–water partition coefficient (Wildman–Crippen LogP) is 6.70. The molecule has 4 aromatic carbocycles. The Hall–Kier alpha value is -4.58.